The van der Waals surface area contributed by atoms with Gasteiger partial charge in [-0.1, -0.05) is 0 Å². The number of nitrogens with two attached hydrogens (primary N) is 1. The molecule has 120 valence electrons. The first-order chi connectivity index (χ1) is 11.6. The SMILES string of the molecule is NC(=O)Nc1ccc(NC(=O)c2ccc(-n3cccn3)cc2)cc1. The van der Waals surface area contributed by atoms with E-state index in [9.17, 15) is 9.59 Å². The molecule has 7 heteroatoms. The molecular weight excluding hydrogens is 306 g/mol. The highest BCUT2D eigenvalue weighted by atomic mass is 16.2. The number of anilines is 2. The molecule has 0 radical (unpaired) electrons. The fourth-order valence-electron chi connectivity index (χ4n) is 2.17. The molecule has 2 aromatic carbocycles. The minimum atomic E-state index is -0.635. The van der Waals surface area contributed by atoms with E-state index >= 15 is 0 Å². The highest BCUT2D eigenvalue weighted by Gasteiger charge is 2.07. The Bertz CT molecular complexity index is 840. The molecule has 0 aliphatic carbocycles. The Morgan fingerprint density at radius 1 is 0.917 bits per heavy atom. The minimum Gasteiger partial charge on any atom is -0.351 e. The second-order valence-electron chi connectivity index (χ2n) is 5.02. The molecule has 0 unspecified atom stereocenters. The molecule has 3 aromatic rings. The molecule has 0 aliphatic heterocycles. The van der Waals surface area contributed by atoms with Crippen LogP contribution in [0.4, 0.5) is 16.2 Å². The lowest BCUT2D eigenvalue weighted by atomic mass is 10.2. The highest BCUT2D eigenvalue weighted by Crippen LogP contribution is 2.15. The van der Waals surface area contributed by atoms with Crippen molar-refractivity contribution in [1.82, 2.24) is 9.78 Å². The van der Waals surface area contributed by atoms with Gasteiger partial charge in [0.15, 0.2) is 0 Å². The number of carbonyl (C=O) groups is 2. The van der Waals surface area contributed by atoms with Gasteiger partial charge in [-0.05, 0) is 54.6 Å². The highest BCUT2D eigenvalue weighted by molar-refractivity contribution is 6.04. The first-order valence-corrected chi connectivity index (χ1v) is 7.20. The Kier molecular flexibility index (Phi) is 4.24. The number of nitrogens with one attached hydrogen (secondary N) is 2. The maximum Gasteiger partial charge on any atom is 0.316 e. The standard InChI is InChI=1S/C17H15N5O2/c18-17(24)21-14-6-4-13(5-7-14)20-16(23)12-2-8-15(9-3-12)22-11-1-10-19-22/h1-11H,(H,20,23)(H3,18,21,24). The van der Waals surface area contributed by atoms with E-state index in [2.05, 4.69) is 15.7 Å². The van der Waals surface area contributed by atoms with Gasteiger partial charge in [0.25, 0.3) is 5.91 Å². The first-order valence-electron chi connectivity index (χ1n) is 7.20. The summed E-state index contributed by atoms with van der Waals surface area (Å²) >= 11 is 0. The Hall–Kier alpha value is -3.61. The third-order valence-electron chi connectivity index (χ3n) is 3.31. The van der Waals surface area contributed by atoms with Crippen molar-refractivity contribution in [2.75, 3.05) is 10.6 Å². The van der Waals surface area contributed by atoms with Gasteiger partial charge in [-0.15, -0.1) is 0 Å². The summed E-state index contributed by atoms with van der Waals surface area (Å²) < 4.78 is 1.71. The van der Waals surface area contributed by atoms with E-state index < -0.39 is 6.03 Å². The molecule has 1 aromatic heterocycles. The fraction of sp³-hybridized carbons (Fsp3) is 0. The van der Waals surface area contributed by atoms with Crippen molar-refractivity contribution in [3.05, 3.63) is 72.6 Å². The fourth-order valence-corrected chi connectivity index (χ4v) is 2.17. The predicted octanol–water partition coefficient (Wildman–Crippen LogP) is 2.62. The quantitative estimate of drug-likeness (QED) is 0.688. The Morgan fingerprint density at radius 3 is 2.08 bits per heavy atom. The third kappa shape index (κ3) is 3.58. The van der Waals surface area contributed by atoms with Gasteiger partial charge in [0.05, 0.1) is 5.69 Å². The Balaban J connectivity index is 1.67. The van der Waals surface area contributed by atoms with Crippen LogP contribution in [-0.4, -0.2) is 21.7 Å². The van der Waals surface area contributed by atoms with E-state index in [1.807, 2.05) is 24.4 Å². The first kappa shape index (κ1) is 15.3. The number of primary amides is 1. The van der Waals surface area contributed by atoms with Gasteiger partial charge in [-0.25, -0.2) is 9.48 Å². The van der Waals surface area contributed by atoms with E-state index in [-0.39, 0.29) is 5.91 Å². The predicted molar refractivity (Wildman–Crippen MR) is 91.2 cm³/mol. The molecule has 0 spiro atoms. The molecule has 0 saturated heterocycles. The number of urea groups is 1. The zero-order valence-corrected chi connectivity index (χ0v) is 12.6. The molecule has 0 aliphatic rings. The summed E-state index contributed by atoms with van der Waals surface area (Å²) in [5, 5.41) is 9.38. The van der Waals surface area contributed by atoms with Crippen LogP contribution in [0.5, 0.6) is 0 Å². The van der Waals surface area contributed by atoms with Gasteiger partial charge in [-0.3, -0.25) is 4.79 Å². The van der Waals surface area contributed by atoms with Crippen molar-refractivity contribution < 1.29 is 9.59 Å². The zero-order valence-electron chi connectivity index (χ0n) is 12.6. The van der Waals surface area contributed by atoms with Gasteiger partial charge in [-0.2, -0.15) is 5.10 Å². The van der Waals surface area contributed by atoms with Crippen LogP contribution in [0.3, 0.4) is 0 Å². The average molecular weight is 321 g/mol. The number of aromatic nitrogens is 2. The van der Waals surface area contributed by atoms with E-state index in [4.69, 9.17) is 5.73 Å². The molecule has 3 amide bonds. The summed E-state index contributed by atoms with van der Waals surface area (Å²) in [6.07, 6.45) is 3.52. The number of hydrogen-bond acceptors (Lipinski definition) is 3. The monoisotopic (exact) mass is 321 g/mol. The van der Waals surface area contributed by atoms with E-state index in [0.29, 0.717) is 16.9 Å². The number of rotatable bonds is 4. The molecule has 4 N–H and O–H groups in total. The van der Waals surface area contributed by atoms with Crippen LogP contribution < -0.4 is 16.4 Å². The topological polar surface area (TPSA) is 102 Å². The van der Waals surface area contributed by atoms with Crippen LogP contribution in [-0.2, 0) is 0 Å². The lowest BCUT2D eigenvalue weighted by Gasteiger charge is -2.08. The second kappa shape index (κ2) is 6.66. The minimum absolute atomic E-state index is 0.224. The van der Waals surface area contributed by atoms with Gasteiger partial charge in [0.2, 0.25) is 0 Å². The molecule has 7 nitrogen and oxygen atoms in total. The van der Waals surface area contributed by atoms with Crippen LogP contribution in [0, 0.1) is 0 Å². The molecule has 24 heavy (non-hydrogen) atoms. The molecular formula is C17H15N5O2. The van der Waals surface area contributed by atoms with Crippen molar-refractivity contribution in [1.29, 1.82) is 0 Å². The molecule has 0 atom stereocenters. The number of amides is 3. The number of benzene rings is 2. The Morgan fingerprint density at radius 2 is 1.54 bits per heavy atom. The van der Waals surface area contributed by atoms with Gasteiger partial charge < -0.3 is 16.4 Å². The third-order valence-corrected chi connectivity index (χ3v) is 3.31. The average Bonchev–Trinajstić information content (AvgIpc) is 3.11. The number of nitrogens with zero attached hydrogens (tertiary/aromatic N) is 2. The summed E-state index contributed by atoms with van der Waals surface area (Å²) in [4.78, 5) is 23.0. The van der Waals surface area contributed by atoms with Crippen molar-refractivity contribution in [3.8, 4) is 5.69 Å². The zero-order chi connectivity index (χ0) is 16.9. The molecule has 3 rings (SSSR count). The Labute approximate surface area is 138 Å². The van der Waals surface area contributed by atoms with Crippen LogP contribution in [0.2, 0.25) is 0 Å². The largest absolute Gasteiger partial charge is 0.351 e. The van der Waals surface area contributed by atoms with Crippen LogP contribution >= 0.6 is 0 Å². The summed E-state index contributed by atoms with van der Waals surface area (Å²) in [6, 6.07) is 15.0. The van der Waals surface area contributed by atoms with Crippen molar-refractivity contribution in [2.45, 2.75) is 0 Å². The lowest BCUT2D eigenvalue weighted by molar-refractivity contribution is 0.102. The molecule has 0 saturated carbocycles. The summed E-state index contributed by atoms with van der Waals surface area (Å²) in [5.74, 6) is -0.224. The maximum absolute atomic E-state index is 12.3. The van der Waals surface area contributed by atoms with Gasteiger partial charge >= 0.3 is 6.03 Å². The number of carbonyl (C=O) groups excluding carboxylic acids is 2. The summed E-state index contributed by atoms with van der Waals surface area (Å²) in [5.41, 5.74) is 7.62. The van der Waals surface area contributed by atoms with E-state index in [0.717, 1.165) is 5.69 Å². The smallest absolute Gasteiger partial charge is 0.316 e. The normalized spacial score (nSPS) is 10.2. The maximum atomic E-state index is 12.3. The van der Waals surface area contributed by atoms with Crippen LogP contribution in [0.15, 0.2) is 67.0 Å². The van der Waals surface area contributed by atoms with E-state index in [1.54, 1.807) is 47.3 Å². The van der Waals surface area contributed by atoms with Crippen molar-refractivity contribution in [2.24, 2.45) is 5.73 Å². The molecule has 0 fully saturated rings. The summed E-state index contributed by atoms with van der Waals surface area (Å²) in [7, 11) is 0. The lowest BCUT2D eigenvalue weighted by Crippen LogP contribution is -2.19. The van der Waals surface area contributed by atoms with Gasteiger partial charge in [0, 0.05) is 29.3 Å². The number of hydrogen-bond donors (Lipinski definition) is 3. The van der Waals surface area contributed by atoms with Crippen molar-refractivity contribution in [3.63, 3.8) is 0 Å². The van der Waals surface area contributed by atoms with Crippen LogP contribution in [0.1, 0.15) is 10.4 Å². The van der Waals surface area contributed by atoms with Gasteiger partial charge in [0.1, 0.15) is 0 Å². The van der Waals surface area contributed by atoms with Crippen LogP contribution in [0.25, 0.3) is 5.69 Å². The van der Waals surface area contributed by atoms with E-state index in [1.165, 1.54) is 0 Å². The molecule has 0 bridgehead atoms. The van der Waals surface area contributed by atoms with Crippen molar-refractivity contribution >= 4 is 23.3 Å². The molecule has 1 heterocycles. The summed E-state index contributed by atoms with van der Waals surface area (Å²) in [6.45, 7) is 0. The second-order valence-corrected chi connectivity index (χ2v) is 5.02.